The van der Waals surface area contributed by atoms with E-state index in [9.17, 15) is 14.4 Å². The number of carbonyl (C=O) groups excluding carboxylic acids is 3. The zero-order valence-corrected chi connectivity index (χ0v) is 33.5. The third kappa shape index (κ3) is 8.26. The van der Waals surface area contributed by atoms with Crippen molar-refractivity contribution in [2.24, 2.45) is 21.8 Å². The van der Waals surface area contributed by atoms with Crippen LogP contribution in [0.25, 0.3) is 0 Å². The highest BCUT2D eigenvalue weighted by molar-refractivity contribution is 5.95. The van der Waals surface area contributed by atoms with Crippen molar-refractivity contribution >= 4 is 29.6 Å². The normalized spacial score (nSPS) is 25.1. The van der Waals surface area contributed by atoms with Gasteiger partial charge in [-0.25, -0.2) is 4.79 Å². The highest BCUT2D eigenvalue weighted by Gasteiger charge is 2.41. The summed E-state index contributed by atoms with van der Waals surface area (Å²) in [5.41, 5.74) is 8.41. The van der Waals surface area contributed by atoms with Gasteiger partial charge in [-0.05, 0) is 83.7 Å². The predicted molar refractivity (Wildman–Crippen MR) is 217 cm³/mol. The first-order valence-electron chi connectivity index (χ1n) is 21.0. The third-order valence-corrected chi connectivity index (χ3v) is 13.0. The fraction of sp³-hybridized carbons (Fsp3) is 0.614. The minimum absolute atomic E-state index is 0.0182. The molecule has 2 bridgehead atoms. The lowest BCUT2D eigenvalue weighted by molar-refractivity contribution is -0.134. The molecule has 2 aromatic rings. The van der Waals surface area contributed by atoms with E-state index in [-0.39, 0.29) is 35.9 Å². The number of nitrogens with one attached hydrogen (secondary N) is 4. The minimum atomic E-state index is -0.632. The number of alkyl carbamates (subject to hydrolysis) is 1. The molecule has 3 aliphatic heterocycles. The molecule has 11 nitrogen and oxygen atoms in total. The molecule has 55 heavy (non-hydrogen) atoms. The topological polar surface area (TPSA) is 137 Å². The number of amidine groups is 2. The van der Waals surface area contributed by atoms with Crippen molar-refractivity contribution < 1.29 is 19.1 Å². The molecular weight excluding hydrogens is 691 g/mol. The molecule has 8 rings (SSSR count). The molecule has 8 atom stereocenters. The van der Waals surface area contributed by atoms with Gasteiger partial charge >= 0.3 is 6.09 Å². The largest absolute Gasteiger partial charge is 0.453 e. The van der Waals surface area contributed by atoms with Crippen LogP contribution < -0.4 is 21.3 Å². The highest BCUT2D eigenvalue weighted by Crippen LogP contribution is 2.53. The van der Waals surface area contributed by atoms with Crippen molar-refractivity contribution in [2.75, 3.05) is 33.3 Å². The lowest BCUT2D eigenvalue weighted by Crippen LogP contribution is -2.55. The Balaban J connectivity index is 0.950. The molecule has 0 spiro atoms. The SMILES string of the molecule is CC[C@H](C)CC(=O)NCCCCC1=NCC(c2ccc3c(c2)C2CCC3c3cc(C4CN=C([C@@H]5CCCN5C(=O)[C@@H](NC(=O)OC)[C@@H](C)CC)N4)ccc32)N1. The molecular formula is C44H61N7O4. The summed E-state index contributed by atoms with van der Waals surface area (Å²) in [4.78, 5) is 49.8. The molecule has 4 N–H and O–H groups in total. The van der Waals surface area contributed by atoms with Gasteiger partial charge in [0, 0.05) is 37.8 Å². The van der Waals surface area contributed by atoms with Gasteiger partial charge < -0.3 is 30.9 Å². The number of likely N-dealkylation sites (tertiary alicyclic amines) is 1. The summed E-state index contributed by atoms with van der Waals surface area (Å²) in [5.74, 6) is 3.27. The Morgan fingerprint density at radius 2 is 1.55 bits per heavy atom. The Kier molecular flexibility index (Phi) is 12.1. The number of aliphatic imine (C=N–C) groups is 2. The van der Waals surface area contributed by atoms with Crippen LogP contribution in [0, 0.1) is 11.8 Å². The monoisotopic (exact) mass is 751 g/mol. The number of amides is 3. The number of nitrogens with zero attached hydrogens (tertiary/aromatic N) is 3. The summed E-state index contributed by atoms with van der Waals surface area (Å²) >= 11 is 0. The molecule has 0 radical (unpaired) electrons. The van der Waals surface area contributed by atoms with E-state index in [0.717, 1.165) is 76.1 Å². The standard InChI is InChI=1S/C44H61N7O4/c1-6-26(3)21-40(52)45-19-9-8-12-39-46-24-36(48-39)28-13-15-30-33-18-17-32(34(30)22-28)31-16-14-29(23-35(31)33)37-25-47-42(49-37)38-11-10-20-51(38)43(53)41(27(4)7-2)50-44(54)55-5/h13-16,22-23,26-27,32-33,36-38,41H,6-12,17-21,24-25H2,1-5H3,(H,45,52)(H,46,48)(H,47,49)(H,50,54)/t26-,27-,32?,33?,36?,37?,38-,41-/m0/s1. The number of hydrogen-bond donors (Lipinski definition) is 4. The van der Waals surface area contributed by atoms with E-state index >= 15 is 0 Å². The molecule has 1 fully saturated rings. The molecule has 11 heteroatoms. The summed E-state index contributed by atoms with van der Waals surface area (Å²) in [6.45, 7) is 11.1. The summed E-state index contributed by atoms with van der Waals surface area (Å²) in [6, 6.07) is 13.7. The van der Waals surface area contributed by atoms with E-state index < -0.39 is 12.1 Å². The smallest absolute Gasteiger partial charge is 0.407 e. The number of benzene rings is 2. The van der Waals surface area contributed by atoms with Crippen LogP contribution >= 0.6 is 0 Å². The number of hydrogen-bond acceptors (Lipinski definition) is 8. The Hall–Kier alpha value is -4.41. The van der Waals surface area contributed by atoms with Gasteiger partial charge in [-0.3, -0.25) is 19.6 Å². The van der Waals surface area contributed by atoms with Gasteiger partial charge in [-0.1, -0.05) is 76.9 Å². The fourth-order valence-electron chi connectivity index (χ4n) is 9.37. The average Bonchev–Trinajstić information content (AvgIpc) is 4.01. The quantitative estimate of drug-likeness (QED) is 0.151. The van der Waals surface area contributed by atoms with Crippen LogP contribution in [0.4, 0.5) is 4.79 Å². The Labute approximate surface area is 326 Å². The summed E-state index contributed by atoms with van der Waals surface area (Å²) < 4.78 is 4.84. The van der Waals surface area contributed by atoms with Crippen LogP contribution in [0.5, 0.6) is 0 Å². The third-order valence-electron chi connectivity index (χ3n) is 13.0. The second-order valence-electron chi connectivity index (χ2n) is 16.6. The number of ether oxygens (including phenoxy) is 1. The van der Waals surface area contributed by atoms with Gasteiger partial charge in [0.05, 0.1) is 44.2 Å². The first-order chi connectivity index (χ1) is 26.7. The molecule has 296 valence electrons. The molecule has 0 saturated carbocycles. The molecule has 4 unspecified atom stereocenters. The summed E-state index contributed by atoms with van der Waals surface area (Å²) in [6.07, 6.45) is 8.80. The Bertz CT molecular complexity index is 1810. The zero-order chi connectivity index (χ0) is 38.6. The highest BCUT2D eigenvalue weighted by atomic mass is 16.5. The van der Waals surface area contributed by atoms with Crippen molar-refractivity contribution in [2.45, 2.75) is 128 Å². The van der Waals surface area contributed by atoms with Crippen molar-refractivity contribution in [3.8, 4) is 0 Å². The van der Waals surface area contributed by atoms with E-state index in [1.54, 1.807) is 0 Å². The van der Waals surface area contributed by atoms with Crippen molar-refractivity contribution in [1.29, 1.82) is 0 Å². The number of carbonyl (C=O) groups is 3. The van der Waals surface area contributed by atoms with E-state index in [1.165, 1.54) is 46.9 Å². The molecule has 3 amide bonds. The number of methoxy groups -OCH3 is 1. The van der Waals surface area contributed by atoms with Crippen LogP contribution in [0.2, 0.25) is 0 Å². The van der Waals surface area contributed by atoms with Crippen molar-refractivity contribution in [1.82, 2.24) is 26.2 Å². The first kappa shape index (κ1) is 38.8. The maximum Gasteiger partial charge on any atom is 0.407 e. The van der Waals surface area contributed by atoms with E-state index in [4.69, 9.17) is 14.7 Å². The second kappa shape index (κ2) is 17.2. The summed E-state index contributed by atoms with van der Waals surface area (Å²) in [5, 5.41) is 13.3. The number of unbranched alkanes of at least 4 members (excludes halogenated alkanes) is 1. The van der Waals surface area contributed by atoms with Gasteiger partial charge in [0.25, 0.3) is 0 Å². The van der Waals surface area contributed by atoms with Crippen LogP contribution in [-0.4, -0.2) is 79.9 Å². The molecule has 3 aliphatic carbocycles. The number of rotatable bonds is 15. The Morgan fingerprint density at radius 3 is 2.20 bits per heavy atom. The maximum atomic E-state index is 13.8. The first-order valence-corrected chi connectivity index (χ1v) is 21.0. The van der Waals surface area contributed by atoms with Crippen molar-refractivity contribution in [3.05, 3.63) is 69.8 Å². The molecule has 3 heterocycles. The minimum Gasteiger partial charge on any atom is -0.453 e. The van der Waals surface area contributed by atoms with Crippen LogP contribution in [0.15, 0.2) is 46.4 Å². The van der Waals surface area contributed by atoms with Gasteiger partial charge in [-0.15, -0.1) is 0 Å². The Morgan fingerprint density at radius 1 is 0.873 bits per heavy atom. The molecule has 0 aromatic heterocycles. The fourth-order valence-corrected chi connectivity index (χ4v) is 9.37. The predicted octanol–water partition coefficient (Wildman–Crippen LogP) is 6.63. The molecule has 1 saturated heterocycles. The summed E-state index contributed by atoms with van der Waals surface area (Å²) in [7, 11) is 1.33. The van der Waals surface area contributed by atoms with Gasteiger partial charge in [0.1, 0.15) is 11.9 Å². The number of fused-ring (bicyclic) bond motifs is 1. The van der Waals surface area contributed by atoms with Gasteiger partial charge in [-0.2, -0.15) is 0 Å². The van der Waals surface area contributed by atoms with E-state index in [0.29, 0.717) is 37.3 Å². The maximum absolute atomic E-state index is 13.8. The van der Waals surface area contributed by atoms with Crippen LogP contribution in [0.3, 0.4) is 0 Å². The zero-order valence-electron chi connectivity index (χ0n) is 33.5. The van der Waals surface area contributed by atoms with Gasteiger partial charge in [0.2, 0.25) is 11.8 Å². The average molecular weight is 752 g/mol. The molecule has 2 aromatic carbocycles. The second-order valence-corrected chi connectivity index (χ2v) is 16.6. The van der Waals surface area contributed by atoms with E-state index in [1.807, 2.05) is 18.7 Å². The lowest BCUT2D eigenvalue weighted by Gasteiger charge is -2.41. The lowest BCUT2D eigenvalue weighted by atomic mass is 9.63. The van der Waals surface area contributed by atoms with Gasteiger partial charge in [0.15, 0.2) is 0 Å². The van der Waals surface area contributed by atoms with Crippen LogP contribution in [-0.2, 0) is 14.3 Å². The molecule has 6 aliphatic rings. The van der Waals surface area contributed by atoms with Crippen molar-refractivity contribution in [3.63, 3.8) is 0 Å². The van der Waals surface area contributed by atoms with E-state index in [2.05, 4.69) is 71.5 Å². The van der Waals surface area contributed by atoms with Crippen LogP contribution in [0.1, 0.15) is 149 Å².